The van der Waals surface area contributed by atoms with Gasteiger partial charge in [0.1, 0.15) is 11.5 Å². The van der Waals surface area contributed by atoms with Gasteiger partial charge in [-0.05, 0) is 29.2 Å². The van der Waals surface area contributed by atoms with Crippen LogP contribution in [0.25, 0.3) is 11.3 Å². The monoisotopic (exact) mass is 395 g/mol. The van der Waals surface area contributed by atoms with Crippen LogP contribution in [0.15, 0.2) is 57.9 Å². The molecule has 0 N–H and O–H groups in total. The number of nitrogens with zero attached hydrogens (tertiary/aromatic N) is 3. The maximum atomic E-state index is 5.57. The van der Waals surface area contributed by atoms with Gasteiger partial charge in [0.2, 0.25) is 4.80 Å². The SMILES string of the molecule is CN=c1scc(-c2ccc(OC)cc2OC)n1N=Cc1ccc(C(C)C)cc1. The van der Waals surface area contributed by atoms with Gasteiger partial charge in [0, 0.05) is 24.1 Å². The molecule has 0 aliphatic heterocycles. The largest absolute Gasteiger partial charge is 0.497 e. The number of hydrogen-bond donors (Lipinski definition) is 0. The van der Waals surface area contributed by atoms with Crippen molar-refractivity contribution < 1.29 is 9.47 Å². The molecule has 0 radical (unpaired) electrons. The van der Waals surface area contributed by atoms with Crippen molar-refractivity contribution in [3.8, 4) is 22.8 Å². The van der Waals surface area contributed by atoms with Gasteiger partial charge >= 0.3 is 0 Å². The van der Waals surface area contributed by atoms with Gasteiger partial charge in [0.05, 0.1) is 26.1 Å². The molecule has 146 valence electrons. The standard InChI is InChI=1S/C22H25N3O2S/c1-15(2)17-8-6-16(7-9-17)13-24-25-20(14-28-22(25)23-3)19-11-10-18(26-4)12-21(19)27-5/h6-15H,1-5H3. The Morgan fingerprint density at radius 1 is 1.04 bits per heavy atom. The highest BCUT2D eigenvalue weighted by Crippen LogP contribution is 2.33. The molecule has 2 aromatic carbocycles. The number of aromatic nitrogens is 1. The number of hydrogen-bond acceptors (Lipinski definition) is 5. The lowest BCUT2D eigenvalue weighted by Gasteiger charge is -2.11. The highest BCUT2D eigenvalue weighted by molar-refractivity contribution is 7.07. The van der Waals surface area contributed by atoms with Crippen molar-refractivity contribution >= 4 is 17.6 Å². The van der Waals surface area contributed by atoms with Gasteiger partial charge in [-0.3, -0.25) is 4.99 Å². The predicted molar refractivity (Wildman–Crippen MR) is 116 cm³/mol. The summed E-state index contributed by atoms with van der Waals surface area (Å²) in [4.78, 5) is 5.17. The second-order valence-corrected chi connectivity index (χ2v) is 7.41. The summed E-state index contributed by atoms with van der Waals surface area (Å²) in [6.07, 6.45) is 1.85. The molecule has 0 unspecified atom stereocenters. The van der Waals surface area contributed by atoms with Gasteiger partial charge in [0.25, 0.3) is 0 Å². The van der Waals surface area contributed by atoms with E-state index in [1.54, 1.807) is 21.3 Å². The third-order valence-electron chi connectivity index (χ3n) is 4.49. The smallest absolute Gasteiger partial charge is 0.205 e. The van der Waals surface area contributed by atoms with Crippen LogP contribution in [0.3, 0.4) is 0 Å². The van der Waals surface area contributed by atoms with Gasteiger partial charge in [0.15, 0.2) is 0 Å². The maximum absolute atomic E-state index is 5.57. The molecule has 0 saturated carbocycles. The summed E-state index contributed by atoms with van der Waals surface area (Å²) in [5, 5.41) is 6.73. The Balaban J connectivity index is 2.02. The molecule has 3 aromatic rings. The van der Waals surface area contributed by atoms with E-state index in [0.717, 1.165) is 33.1 Å². The predicted octanol–water partition coefficient (Wildman–Crippen LogP) is 4.77. The average Bonchev–Trinajstić information content (AvgIpc) is 3.14. The molecule has 0 fully saturated rings. The maximum Gasteiger partial charge on any atom is 0.205 e. The number of thiazole rings is 1. The van der Waals surface area contributed by atoms with Crippen molar-refractivity contribution in [2.45, 2.75) is 19.8 Å². The fraction of sp³-hybridized carbons (Fsp3) is 0.273. The van der Waals surface area contributed by atoms with E-state index in [0.29, 0.717) is 5.92 Å². The van der Waals surface area contributed by atoms with Gasteiger partial charge in [-0.1, -0.05) is 38.1 Å². The Bertz CT molecular complexity index is 1030. The van der Waals surface area contributed by atoms with E-state index in [4.69, 9.17) is 14.6 Å². The number of ether oxygens (including phenoxy) is 2. The quantitative estimate of drug-likeness (QED) is 0.565. The second-order valence-electron chi connectivity index (χ2n) is 6.57. The molecular formula is C22H25N3O2S. The molecule has 1 heterocycles. The highest BCUT2D eigenvalue weighted by Gasteiger charge is 2.13. The van der Waals surface area contributed by atoms with Crippen molar-refractivity contribution in [3.05, 3.63) is 63.8 Å². The Morgan fingerprint density at radius 2 is 1.79 bits per heavy atom. The molecule has 0 spiro atoms. The van der Waals surface area contributed by atoms with E-state index in [1.165, 1.54) is 16.9 Å². The summed E-state index contributed by atoms with van der Waals surface area (Å²) >= 11 is 1.54. The van der Waals surface area contributed by atoms with E-state index in [-0.39, 0.29) is 0 Å². The van der Waals surface area contributed by atoms with Crippen LogP contribution < -0.4 is 14.3 Å². The summed E-state index contributed by atoms with van der Waals surface area (Å²) in [5.74, 6) is 1.98. The van der Waals surface area contributed by atoms with Crippen LogP contribution in [-0.2, 0) is 0 Å². The normalized spacial score (nSPS) is 12.1. The van der Waals surface area contributed by atoms with Gasteiger partial charge in [-0.15, -0.1) is 11.3 Å². The number of benzene rings is 2. The lowest BCUT2D eigenvalue weighted by molar-refractivity contribution is 0.395. The van der Waals surface area contributed by atoms with Crippen LogP contribution >= 0.6 is 11.3 Å². The van der Waals surface area contributed by atoms with Gasteiger partial charge in [-0.25, -0.2) is 4.68 Å². The van der Waals surface area contributed by atoms with E-state index >= 15 is 0 Å². The summed E-state index contributed by atoms with van der Waals surface area (Å²) in [7, 11) is 5.06. The first-order valence-corrected chi connectivity index (χ1v) is 9.95. The first kappa shape index (κ1) is 19.9. The molecule has 0 aliphatic rings. The summed E-state index contributed by atoms with van der Waals surface area (Å²) in [6.45, 7) is 4.38. The summed E-state index contributed by atoms with van der Waals surface area (Å²) in [5.41, 5.74) is 4.20. The van der Waals surface area contributed by atoms with E-state index in [1.807, 2.05) is 34.5 Å². The van der Waals surface area contributed by atoms with E-state index < -0.39 is 0 Å². The van der Waals surface area contributed by atoms with Crippen LogP contribution in [0.4, 0.5) is 0 Å². The lowest BCUT2D eigenvalue weighted by Crippen LogP contribution is -2.11. The molecule has 5 nitrogen and oxygen atoms in total. The third-order valence-corrected chi connectivity index (χ3v) is 5.39. The van der Waals surface area contributed by atoms with Crippen molar-refractivity contribution in [1.29, 1.82) is 0 Å². The molecule has 1 aromatic heterocycles. The third kappa shape index (κ3) is 4.17. The molecule has 0 amide bonds. The Hall–Kier alpha value is -2.86. The van der Waals surface area contributed by atoms with E-state index in [2.05, 4.69) is 43.1 Å². The van der Waals surface area contributed by atoms with Crippen LogP contribution in [-0.4, -0.2) is 32.2 Å². The summed E-state index contributed by atoms with van der Waals surface area (Å²) < 4.78 is 12.7. The molecule has 0 aliphatic carbocycles. The Kier molecular flexibility index (Phi) is 6.31. The van der Waals surface area contributed by atoms with E-state index in [9.17, 15) is 0 Å². The first-order valence-electron chi connectivity index (χ1n) is 9.07. The highest BCUT2D eigenvalue weighted by atomic mass is 32.1. The average molecular weight is 396 g/mol. The minimum absolute atomic E-state index is 0.511. The topological polar surface area (TPSA) is 48.1 Å². The fourth-order valence-corrected chi connectivity index (χ4v) is 3.64. The molecule has 0 bridgehead atoms. The van der Waals surface area contributed by atoms with Crippen LogP contribution in [0.5, 0.6) is 11.5 Å². The number of rotatable bonds is 6. The Labute approximate surface area is 169 Å². The van der Waals surface area contributed by atoms with Crippen LogP contribution in [0, 0.1) is 0 Å². The molecule has 6 heteroatoms. The molecule has 28 heavy (non-hydrogen) atoms. The molecule has 3 rings (SSSR count). The molecule has 0 atom stereocenters. The zero-order valence-electron chi connectivity index (χ0n) is 16.8. The second kappa shape index (κ2) is 8.89. The number of methoxy groups -OCH3 is 2. The molecular weight excluding hydrogens is 370 g/mol. The van der Waals surface area contributed by atoms with Gasteiger partial charge < -0.3 is 9.47 Å². The zero-order valence-corrected chi connectivity index (χ0v) is 17.7. The minimum atomic E-state index is 0.511. The van der Waals surface area contributed by atoms with Crippen molar-refractivity contribution in [2.75, 3.05) is 21.3 Å². The van der Waals surface area contributed by atoms with Crippen molar-refractivity contribution in [3.63, 3.8) is 0 Å². The van der Waals surface area contributed by atoms with Gasteiger partial charge in [-0.2, -0.15) is 5.10 Å². The summed E-state index contributed by atoms with van der Waals surface area (Å²) in [6, 6.07) is 14.2. The fourth-order valence-electron chi connectivity index (χ4n) is 2.85. The lowest BCUT2D eigenvalue weighted by atomic mass is 10.0. The van der Waals surface area contributed by atoms with Crippen LogP contribution in [0.2, 0.25) is 0 Å². The molecule has 0 saturated heterocycles. The van der Waals surface area contributed by atoms with Crippen molar-refractivity contribution in [1.82, 2.24) is 4.68 Å². The first-order chi connectivity index (χ1) is 13.6. The van der Waals surface area contributed by atoms with Crippen LogP contribution in [0.1, 0.15) is 30.9 Å². The Morgan fingerprint density at radius 3 is 2.39 bits per heavy atom. The zero-order chi connectivity index (χ0) is 20.1. The minimum Gasteiger partial charge on any atom is -0.497 e. The van der Waals surface area contributed by atoms with Crippen molar-refractivity contribution in [2.24, 2.45) is 10.1 Å².